The first-order valence-electron chi connectivity index (χ1n) is 5.54. The second-order valence-corrected chi connectivity index (χ2v) is 5.80. The summed E-state index contributed by atoms with van der Waals surface area (Å²) in [6.07, 6.45) is 2.01. The molecule has 1 aliphatic rings. The number of hydrogen-bond acceptors (Lipinski definition) is 2. The number of benzene rings is 1. The van der Waals surface area contributed by atoms with E-state index < -0.39 is 5.60 Å². The normalized spacial score (nSPS) is 31.5. The van der Waals surface area contributed by atoms with Gasteiger partial charge in [0.2, 0.25) is 0 Å². The first kappa shape index (κ1) is 11.0. The van der Waals surface area contributed by atoms with Gasteiger partial charge in [-0.2, -0.15) is 11.8 Å². The molecule has 2 atom stereocenters. The topological polar surface area (TPSA) is 20.2 Å². The van der Waals surface area contributed by atoms with Gasteiger partial charge in [0.1, 0.15) is 5.60 Å². The summed E-state index contributed by atoms with van der Waals surface area (Å²) in [5, 5.41) is 11.1. The molecule has 0 aliphatic carbocycles. The molecule has 1 aliphatic heterocycles. The van der Waals surface area contributed by atoms with Crippen molar-refractivity contribution in [2.24, 2.45) is 0 Å². The van der Waals surface area contributed by atoms with Crippen LogP contribution in [0.4, 0.5) is 0 Å². The molecule has 0 radical (unpaired) electrons. The van der Waals surface area contributed by atoms with Gasteiger partial charge in [-0.1, -0.05) is 31.2 Å². The van der Waals surface area contributed by atoms with Gasteiger partial charge in [0.05, 0.1) is 0 Å². The van der Waals surface area contributed by atoms with Crippen molar-refractivity contribution in [1.29, 1.82) is 0 Å². The predicted molar refractivity (Wildman–Crippen MR) is 66.2 cm³/mol. The molecule has 1 nitrogen and oxygen atoms in total. The van der Waals surface area contributed by atoms with Gasteiger partial charge in [-0.3, -0.25) is 0 Å². The fraction of sp³-hybridized carbons (Fsp3) is 0.538. The van der Waals surface area contributed by atoms with E-state index in [2.05, 4.69) is 26.0 Å². The van der Waals surface area contributed by atoms with Crippen molar-refractivity contribution in [1.82, 2.24) is 0 Å². The van der Waals surface area contributed by atoms with Gasteiger partial charge in [-0.05, 0) is 36.6 Å². The van der Waals surface area contributed by atoms with Crippen LogP contribution in [0.3, 0.4) is 0 Å². The van der Waals surface area contributed by atoms with Gasteiger partial charge in [0.25, 0.3) is 0 Å². The number of aliphatic hydroxyl groups is 1. The lowest BCUT2D eigenvalue weighted by Crippen LogP contribution is -2.39. The Morgan fingerprint density at radius 1 is 1.40 bits per heavy atom. The molecule has 1 aromatic rings. The van der Waals surface area contributed by atoms with E-state index in [1.807, 2.05) is 23.9 Å². The van der Waals surface area contributed by atoms with Crippen LogP contribution in [-0.4, -0.2) is 16.1 Å². The Kier molecular flexibility index (Phi) is 3.08. The SMILES string of the molecule is Cc1ccccc1C1(O)CCCSC1C. The zero-order chi connectivity index (χ0) is 10.9. The van der Waals surface area contributed by atoms with Crippen LogP contribution in [0.15, 0.2) is 24.3 Å². The van der Waals surface area contributed by atoms with Gasteiger partial charge in [-0.15, -0.1) is 0 Å². The number of aryl methyl sites for hydroxylation is 1. The fourth-order valence-electron chi connectivity index (χ4n) is 2.36. The summed E-state index contributed by atoms with van der Waals surface area (Å²) in [4.78, 5) is 0. The lowest BCUT2D eigenvalue weighted by atomic mass is 9.83. The molecule has 2 heteroatoms. The summed E-state index contributed by atoms with van der Waals surface area (Å²) >= 11 is 1.88. The van der Waals surface area contributed by atoms with Crippen molar-refractivity contribution in [3.8, 4) is 0 Å². The molecule has 2 rings (SSSR count). The van der Waals surface area contributed by atoms with Gasteiger partial charge in [0.15, 0.2) is 0 Å². The van der Waals surface area contributed by atoms with Gasteiger partial charge in [0, 0.05) is 5.25 Å². The second kappa shape index (κ2) is 4.18. The van der Waals surface area contributed by atoms with Crippen molar-refractivity contribution >= 4 is 11.8 Å². The highest BCUT2D eigenvalue weighted by atomic mass is 32.2. The van der Waals surface area contributed by atoms with E-state index in [1.54, 1.807) is 0 Å². The van der Waals surface area contributed by atoms with E-state index in [-0.39, 0.29) is 0 Å². The van der Waals surface area contributed by atoms with E-state index in [4.69, 9.17) is 0 Å². The minimum atomic E-state index is -0.617. The Morgan fingerprint density at radius 3 is 2.80 bits per heavy atom. The van der Waals surface area contributed by atoms with Crippen LogP contribution in [0, 0.1) is 6.92 Å². The third-order valence-corrected chi connectivity index (χ3v) is 4.77. The Bertz CT molecular complexity index is 350. The van der Waals surface area contributed by atoms with Gasteiger partial charge < -0.3 is 5.11 Å². The third kappa shape index (κ3) is 1.93. The van der Waals surface area contributed by atoms with Crippen molar-refractivity contribution in [2.45, 2.75) is 37.5 Å². The predicted octanol–water partition coefficient (Wildman–Crippen LogP) is 3.10. The third-order valence-electron chi connectivity index (χ3n) is 3.35. The van der Waals surface area contributed by atoms with E-state index in [0.717, 1.165) is 18.4 Å². The molecule has 1 N–H and O–H groups in total. The molecule has 1 heterocycles. The molecule has 1 aromatic carbocycles. The smallest absolute Gasteiger partial charge is 0.101 e. The fourth-order valence-corrected chi connectivity index (χ4v) is 3.54. The number of thioether (sulfide) groups is 1. The van der Waals surface area contributed by atoms with Crippen molar-refractivity contribution < 1.29 is 5.11 Å². The van der Waals surface area contributed by atoms with Crippen LogP contribution in [0.1, 0.15) is 30.9 Å². The summed E-state index contributed by atoms with van der Waals surface area (Å²) in [6, 6.07) is 8.20. The maximum absolute atomic E-state index is 10.8. The van der Waals surface area contributed by atoms with Crippen molar-refractivity contribution in [3.05, 3.63) is 35.4 Å². The Balaban J connectivity index is 2.39. The van der Waals surface area contributed by atoms with Crippen LogP contribution in [0.5, 0.6) is 0 Å². The largest absolute Gasteiger partial charge is 0.384 e. The highest BCUT2D eigenvalue weighted by Crippen LogP contribution is 2.42. The summed E-state index contributed by atoms with van der Waals surface area (Å²) < 4.78 is 0. The molecular formula is C13H18OS. The number of rotatable bonds is 1. The van der Waals surface area contributed by atoms with Crippen LogP contribution in [0.2, 0.25) is 0 Å². The quantitative estimate of drug-likeness (QED) is 0.788. The highest BCUT2D eigenvalue weighted by Gasteiger charge is 2.38. The minimum Gasteiger partial charge on any atom is -0.384 e. The van der Waals surface area contributed by atoms with Crippen LogP contribution >= 0.6 is 11.8 Å². The first-order valence-corrected chi connectivity index (χ1v) is 6.59. The molecule has 82 valence electrons. The molecular weight excluding hydrogens is 204 g/mol. The molecule has 15 heavy (non-hydrogen) atoms. The molecule has 0 bridgehead atoms. The van der Waals surface area contributed by atoms with Gasteiger partial charge in [-0.25, -0.2) is 0 Å². The first-order chi connectivity index (χ1) is 7.14. The Labute approximate surface area is 95.9 Å². The zero-order valence-corrected chi connectivity index (χ0v) is 10.2. The van der Waals surface area contributed by atoms with E-state index in [0.29, 0.717) is 5.25 Å². The second-order valence-electron chi connectivity index (χ2n) is 4.36. The average Bonchev–Trinajstić information content (AvgIpc) is 2.23. The molecule has 1 fully saturated rings. The zero-order valence-electron chi connectivity index (χ0n) is 9.36. The Hall–Kier alpha value is -0.470. The molecule has 0 aromatic heterocycles. The van der Waals surface area contributed by atoms with E-state index >= 15 is 0 Å². The molecule has 2 unspecified atom stereocenters. The maximum Gasteiger partial charge on any atom is 0.101 e. The summed E-state index contributed by atoms with van der Waals surface area (Å²) in [5.41, 5.74) is 1.70. The van der Waals surface area contributed by atoms with Crippen molar-refractivity contribution in [3.63, 3.8) is 0 Å². The monoisotopic (exact) mass is 222 g/mol. The molecule has 0 spiro atoms. The summed E-state index contributed by atoms with van der Waals surface area (Å²) in [6.45, 7) is 4.22. The van der Waals surface area contributed by atoms with Crippen LogP contribution in [0.25, 0.3) is 0 Å². The lowest BCUT2D eigenvalue weighted by Gasteiger charge is -2.39. The van der Waals surface area contributed by atoms with Crippen molar-refractivity contribution in [2.75, 3.05) is 5.75 Å². The van der Waals surface area contributed by atoms with Crippen LogP contribution in [-0.2, 0) is 5.60 Å². The van der Waals surface area contributed by atoms with Gasteiger partial charge >= 0.3 is 0 Å². The maximum atomic E-state index is 10.8. The number of hydrogen-bond donors (Lipinski definition) is 1. The minimum absolute atomic E-state index is 0.298. The van der Waals surface area contributed by atoms with E-state index in [9.17, 15) is 5.11 Å². The summed E-state index contributed by atoms with van der Waals surface area (Å²) in [5.74, 6) is 1.18. The average molecular weight is 222 g/mol. The standard InChI is InChI=1S/C13H18OS/c1-10-6-3-4-7-12(10)13(14)8-5-9-15-11(13)2/h3-4,6-7,11,14H,5,8-9H2,1-2H3. The molecule has 0 saturated carbocycles. The highest BCUT2D eigenvalue weighted by molar-refractivity contribution is 8.00. The Morgan fingerprint density at radius 2 is 2.13 bits per heavy atom. The van der Waals surface area contributed by atoms with E-state index in [1.165, 1.54) is 11.3 Å². The summed E-state index contributed by atoms with van der Waals surface area (Å²) in [7, 11) is 0. The molecule has 0 amide bonds. The molecule has 1 saturated heterocycles. The lowest BCUT2D eigenvalue weighted by molar-refractivity contribution is 0.0248. The van der Waals surface area contributed by atoms with Crippen LogP contribution < -0.4 is 0 Å².